The minimum absolute atomic E-state index is 0.337. The van der Waals surface area contributed by atoms with E-state index in [4.69, 9.17) is 11.6 Å². The number of hydrogen-bond acceptors (Lipinski definition) is 3. The lowest BCUT2D eigenvalue weighted by molar-refractivity contribution is 0.147. The van der Waals surface area contributed by atoms with E-state index in [1.165, 1.54) is 30.8 Å². The van der Waals surface area contributed by atoms with Crippen LogP contribution in [-0.4, -0.2) is 30.6 Å². The zero-order chi connectivity index (χ0) is 11.6. The molecule has 0 aromatic carbocycles. The first kappa shape index (κ1) is 12.4. The molecule has 0 aliphatic carbocycles. The van der Waals surface area contributed by atoms with Crippen LogP contribution in [0.1, 0.15) is 24.6 Å². The van der Waals surface area contributed by atoms with Crippen LogP contribution in [0.2, 0.25) is 5.02 Å². The van der Waals surface area contributed by atoms with Gasteiger partial charge in [-0.2, -0.15) is 0 Å². The zero-order valence-electron chi connectivity index (χ0n) is 9.92. The Hall–Kier alpha value is -0.0900. The molecule has 0 saturated carbocycles. The highest BCUT2D eigenvalue weighted by atomic mass is 35.5. The van der Waals surface area contributed by atoms with E-state index in [1.807, 2.05) is 5.38 Å². The summed E-state index contributed by atoms with van der Waals surface area (Å²) in [6, 6.07) is 2.08. The van der Waals surface area contributed by atoms with Crippen molar-refractivity contribution in [3.63, 3.8) is 0 Å². The molecule has 2 nitrogen and oxygen atoms in total. The topological polar surface area (TPSA) is 15.3 Å². The molecule has 4 heteroatoms. The van der Waals surface area contributed by atoms with Gasteiger partial charge in [0, 0.05) is 35.4 Å². The van der Waals surface area contributed by atoms with Gasteiger partial charge in [-0.15, -0.1) is 11.3 Å². The van der Waals surface area contributed by atoms with Crippen molar-refractivity contribution in [2.75, 3.05) is 20.1 Å². The van der Waals surface area contributed by atoms with Crippen molar-refractivity contribution in [1.82, 2.24) is 10.2 Å². The Kier molecular flexibility index (Phi) is 3.90. The van der Waals surface area contributed by atoms with Crippen LogP contribution in [0.4, 0.5) is 0 Å². The number of piperidine rings is 1. The molecule has 0 amide bonds. The Morgan fingerprint density at radius 3 is 2.69 bits per heavy atom. The standard InChI is InChI=1S/C12H19ClN2S/c1-12(14-2)3-5-15(6-4-12)8-11-7-10(13)9-16-11/h7,9,14H,3-6,8H2,1-2H3. The van der Waals surface area contributed by atoms with Gasteiger partial charge >= 0.3 is 0 Å². The van der Waals surface area contributed by atoms with Crippen LogP contribution in [0.5, 0.6) is 0 Å². The van der Waals surface area contributed by atoms with E-state index < -0.39 is 0 Å². The van der Waals surface area contributed by atoms with E-state index in [9.17, 15) is 0 Å². The van der Waals surface area contributed by atoms with Gasteiger partial charge in [-0.1, -0.05) is 11.6 Å². The summed E-state index contributed by atoms with van der Waals surface area (Å²) >= 11 is 7.69. The lowest BCUT2D eigenvalue weighted by Crippen LogP contribution is -2.49. The Labute approximate surface area is 107 Å². The third-order valence-electron chi connectivity index (χ3n) is 3.56. The molecule has 2 rings (SSSR count). The molecule has 1 saturated heterocycles. The molecule has 1 aliphatic heterocycles. The summed E-state index contributed by atoms with van der Waals surface area (Å²) in [5, 5.41) is 6.31. The quantitative estimate of drug-likeness (QED) is 0.897. The number of hydrogen-bond donors (Lipinski definition) is 1. The third-order valence-corrected chi connectivity index (χ3v) is 4.83. The molecule has 0 bridgehead atoms. The second-order valence-electron chi connectivity index (χ2n) is 4.82. The summed E-state index contributed by atoms with van der Waals surface area (Å²) in [6.45, 7) is 5.71. The van der Waals surface area contributed by atoms with E-state index in [-0.39, 0.29) is 0 Å². The minimum atomic E-state index is 0.337. The maximum atomic E-state index is 5.93. The molecule has 1 fully saturated rings. The maximum Gasteiger partial charge on any atom is 0.0516 e. The van der Waals surface area contributed by atoms with Crippen molar-refractivity contribution in [1.29, 1.82) is 0 Å². The number of nitrogens with one attached hydrogen (secondary N) is 1. The number of thiophene rings is 1. The van der Waals surface area contributed by atoms with Gasteiger partial charge in [0.1, 0.15) is 0 Å². The van der Waals surface area contributed by atoms with E-state index in [2.05, 4.69) is 30.3 Å². The summed E-state index contributed by atoms with van der Waals surface area (Å²) in [4.78, 5) is 3.89. The normalized spacial score (nSPS) is 21.2. The Bertz CT molecular complexity index is 343. The van der Waals surface area contributed by atoms with Gasteiger partial charge in [0.2, 0.25) is 0 Å². The molecule has 0 atom stereocenters. The van der Waals surface area contributed by atoms with Gasteiger partial charge < -0.3 is 5.32 Å². The van der Waals surface area contributed by atoms with Crippen LogP contribution in [0.3, 0.4) is 0 Å². The average Bonchev–Trinajstić information content (AvgIpc) is 2.68. The van der Waals surface area contributed by atoms with Gasteiger partial charge in [0.05, 0.1) is 5.02 Å². The van der Waals surface area contributed by atoms with Gasteiger partial charge in [0.15, 0.2) is 0 Å². The lowest BCUT2D eigenvalue weighted by atomic mass is 9.90. The van der Waals surface area contributed by atoms with Crippen LogP contribution in [0.15, 0.2) is 11.4 Å². The number of likely N-dealkylation sites (tertiary alicyclic amines) is 1. The van der Waals surface area contributed by atoms with Crippen LogP contribution in [0, 0.1) is 0 Å². The summed E-state index contributed by atoms with van der Waals surface area (Å²) in [6.07, 6.45) is 2.45. The van der Waals surface area contributed by atoms with E-state index in [0.29, 0.717) is 5.54 Å². The van der Waals surface area contributed by atoms with Gasteiger partial charge in [-0.05, 0) is 32.9 Å². The van der Waals surface area contributed by atoms with Crippen molar-refractivity contribution >= 4 is 22.9 Å². The second-order valence-corrected chi connectivity index (χ2v) is 6.25. The van der Waals surface area contributed by atoms with Crippen molar-refractivity contribution in [2.24, 2.45) is 0 Å². The molecule has 1 aliphatic rings. The predicted molar refractivity (Wildman–Crippen MR) is 71.3 cm³/mol. The van der Waals surface area contributed by atoms with Gasteiger partial charge in [-0.3, -0.25) is 4.90 Å². The molecule has 0 unspecified atom stereocenters. The molecule has 0 spiro atoms. The van der Waals surface area contributed by atoms with E-state index in [0.717, 1.165) is 11.6 Å². The smallest absolute Gasteiger partial charge is 0.0516 e. The molecular formula is C12H19ClN2S. The number of halogens is 1. The third kappa shape index (κ3) is 2.98. The summed E-state index contributed by atoms with van der Waals surface area (Å²) < 4.78 is 0. The average molecular weight is 259 g/mol. The van der Waals surface area contributed by atoms with Crippen molar-refractivity contribution < 1.29 is 0 Å². The Balaban J connectivity index is 1.86. The lowest BCUT2D eigenvalue weighted by Gasteiger charge is -2.39. The fraction of sp³-hybridized carbons (Fsp3) is 0.667. The van der Waals surface area contributed by atoms with Crippen molar-refractivity contribution in [3.05, 3.63) is 21.3 Å². The Morgan fingerprint density at radius 2 is 2.19 bits per heavy atom. The predicted octanol–water partition coefficient (Wildman–Crippen LogP) is 2.98. The summed E-state index contributed by atoms with van der Waals surface area (Å²) in [7, 11) is 2.06. The molecule has 1 aromatic rings. The second kappa shape index (κ2) is 5.05. The van der Waals surface area contributed by atoms with E-state index in [1.54, 1.807) is 11.3 Å². The van der Waals surface area contributed by atoms with Crippen LogP contribution < -0.4 is 5.32 Å². The highest BCUT2D eigenvalue weighted by molar-refractivity contribution is 7.10. The molecular weight excluding hydrogens is 240 g/mol. The molecule has 1 aromatic heterocycles. The minimum Gasteiger partial charge on any atom is -0.314 e. The maximum absolute atomic E-state index is 5.93. The fourth-order valence-corrected chi connectivity index (χ4v) is 3.23. The van der Waals surface area contributed by atoms with Crippen molar-refractivity contribution in [3.8, 4) is 0 Å². The van der Waals surface area contributed by atoms with Crippen LogP contribution in [-0.2, 0) is 6.54 Å². The molecule has 90 valence electrons. The number of rotatable bonds is 3. The van der Waals surface area contributed by atoms with Crippen LogP contribution in [0.25, 0.3) is 0 Å². The molecule has 1 N–H and O–H groups in total. The SMILES string of the molecule is CNC1(C)CCN(Cc2cc(Cl)cs2)CC1. The van der Waals surface area contributed by atoms with Crippen molar-refractivity contribution in [2.45, 2.75) is 31.8 Å². The largest absolute Gasteiger partial charge is 0.314 e. The molecule has 16 heavy (non-hydrogen) atoms. The summed E-state index contributed by atoms with van der Waals surface area (Å²) in [5.74, 6) is 0. The monoisotopic (exact) mass is 258 g/mol. The highest BCUT2D eigenvalue weighted by Gasteiger charge is 2.28. The van der Waals surface area contributed by atoms with Crippen LogP contribution >= 0.6 is 22.9 Å². The highest BCUT2D eigenvalue weighted by Crippen LogP contribution is 2.25. The first-order chi connectivity index (χ1) is 7.61. The molecule has 0 radical (unpaired) electrons. The molecule has 2 heterocycles. The number of nitrogens with zero attached hydrogens (tertiary/aromatic N) is 1. The van der Waals surface area contributed by atoms with E-state index >= 15 is 0 Å². The first-order valence-electron chi connectivity index (χ1n) is 5.75. The summed E-state index contributed by atoms with van der Waals surface area (Å²) in [5.41, 5.74) is 0.337. The first-order valence-corrected chi connectivity index (χ1v) is 7.01. The Morgan fingerprint density at radius 1 is 1.50 bits per heavy atom. The van der Waals surface area contributed by atoms with Gasteiger partial charge in [0.25, 0.3) is 0 Å². The van der Waals surface area contributed by atoms with Gasteiger partial charge in [-0.25, -0.2) is 0 Å². The zero-order valence-corrected chi connectivity index (χ0v) is 11.5. The fourth-order valence-electron chi connectivity index (χ4n) is 2.11.